The summed E-state index contributed by atoms with van der Waals surface area (Å²) in [6, 6.07) is 0. The van der Waals surface area contributed by atoms with E-state index in [-0.39, 0.29) is 11.8 Å². The van der Waals surface area contributed by atoms with E-state index in [1.54, 1.807) is 7.05 Å². The number of tetrazole rings is 1. The van der Waals surface area contributed by atoms with Crippen molar-refractivity contribution in [3.05, 3.63) is 5.82 Å². The molecular formula is C7H11N5O. The Hall–Kier alpha value is -1.46. The van der Waals surface area contributed by atoms with E-state index in [1.165, 1.54) is 0 Å². The Morgan fingerprint density at radius 1 is 1.62 bits per heavy atom. The van der Waals surface area contributed by atoms with Crippen LogP contribution in [0.15, 0.2) is 0 Å². The zero-order valence-electron chi connectivity index (χ0n) is 7.32. The topological polar surface area (TPSA) is 83.6 Å². The summed E-state index contributed by atoms with van der Waals surface area (Å²) in [7, 11) is 1.66. The van der Waals surface area contributed by atoms with E-state index in [9.17, 15) is 4.79 Å². The third kappa shape index (κ3) is 1.39. The van der Waals surface area contributed by atoms with E-state index in [1.807, 2.05) is 0 Å². The standard InChI is InChI=1S/C7H11N5O/c1-8-7(13)5-2-4(3-5)6-9-11-12-10-6/h4-5H,2-3H2,1H3,(H,8,13)(H,9,10,11,12). The van der Waals surface area contributed by atoms with Gasteiger partial charge in [0.1, 0.15) is 0 Å². The van der Waals surface area contributed by atoms with Crippen LogP contribution in [0.3, 0.4) is 0 Å². The summed E-state index contributed by atoms with van der Waals surface area (Å²) in [6.07, 6.45) is 1.67. The Morgan fingerprint density at radius 2 is 2.38 bits per heavy atom. The summed E-state index contributed by atoms with van der Waals surface area (Å²) in [5.74, 6) is 1.27. The van der Waals surface area contributed by atoms with Crippen molar-refractivity contribution in [2.45, 2.75) is 18.8 Å². The maximum absolute atomic E-state index is 11.1. The van der Waals surface area contributed by atoms with Crippen molar-refractivity contribution in [1.82, 2.24) is 25.9 Å². The molecule has 0 unspecified atom stereocenters. The van der Waals surface area contributed by atoms with Gasteiger partial charge in [-0.05, 0) is 12.8 Å². The molecule has 0 aliphatic heterocycles. The van der Waals surface area contributed by atoms with Crippen LogP contribution in [-0.2, 0) is 4.79 Å². The molecule has 6 nitrogen and oxygen atoms in total. The van der Waals surface area contributed by atoms with Gasteiger partial charge in [-0.25, -0.2) is 0 Å². The predicted octanol–water partition coefficient (Wildman–Crippen LogP) is -0.561. The molecule has 0 bridgehead atoms. The van der Waals surface area contributed by atoms with E-state index in [2.05, 4.69) is 25.9 Å². The molecule has 1 aromatic heterocycles. The minimum atomic E-state index is 0.111. The van der Waals surface area contributed by atoms with Crippen molar-refractivity contribution in [1.29, 1.82) is 0 Å². The first-order chi connectivity index (χ1) is 6.31. The van der Waals surface area contributed by atoms with Crippen molar-refractivity contribution >= 4 is 5.91 Å². The SMILES string of the molecule is CNC(=O)C1CC(c2nn[nH]n2)C1. The molecule has 6 heteroatoms. The fourth-order valence-corrected chi connectivity index (χ4v) is 1.59. The molecule has 1 amide bonds. The Bertz CT molecular complexity index is 290. The van der Waals surface area contributed by atoms with Crippen molar-refractivity contribution in [2.24, 2.45) is 5.92 Å². The molecule has 2 N–H and O–H groups in total. The quantitative estimate of drug-likeness (QED) is 0.640. The monoisotopic (exact) mass is 181 g/mol. The third-order valence-corrected chi connectivity index (χ3v) is 2.48. The lowest BCUT2D eigenvalue weighted by molar-refractivity contribution is -0.127. The van der Waals surface area contributed by atoms with Crippen LogP contribution in [0, 0.1) is 5.92 Å². The van der Waals surface area contributed by atoms with E-state index < -0.39 is 0 Å². The van der Waals surface area contributed by atoms with Gasteiger partial charge in [0, 0.05) is 18.9 Å². The Kier molecular flexibility index (Phi) is 1.96. The molecule has 13 heavy (non-hydrogen) atoms. The Morgan fingerprint density at radius 3 is 2.92 bits per heavy atom. The summed E-state index contributed by atoms with van der Waals surface area (Å²) in [5, 5.41) is 16.3. The highest BCUT2D eigenvalue weighted by atomic mass is 16.1. The van der Waals surface area contributed by atoms with Gasteiger partial charge in [0.05, 0.1) is 0 Å². The molecule has 2 rings (SSSR count). The highest BCUT2D eigenvalue weighted by Crippen LogP contribution is 2.39. The third-order valence-electron chi connectivity index (χ3n) is 2.48. The van der Waals surface area contributed by atoms with E-state index in [4.69, 9.17) is 0 Å². The number of amides is 1. The molecule has 1 aromatic rings. The predicted molar refractivity (Wildman–Crippen MR) is 43.7 cm³/mol. The molecule has 0 saturated heterocycles. The molecule has 0 aromatic carbocycles. The molecule has 0 atom stereocenters. The van der Waals surface area contributed by atoms with Crippen LogP contribution >= 0.6 is 0 Å². The minimum absolute atomic E-state index is 0.111. The molecule has 0 spiro atoms. The average Bonchev–Trinajstić information content (AvgIpc) is 2.54. The summed E-state index contributed by atoms with van der Waals surface area (Å²) in [6.45, 7) is 0. The van der Waals surface area contributed by atoms with Crippen LogP contribution in [-0.4, -0.2) is 33.6 Å². The summed E-state index contributed by atoms with van der Waals surface area (Å²) >= 11 is 0. The minimum Gasteiger partial charge on any atom is -0.359 e. The van der Waals surface area contributed by atoms with Gasteiger partial charge >= 0.3 is 0 Å². The first-order valence-electron chi connectivity index (χ1n) is 4.26. The van der Waals surface area contributed by atoms with Crippen LogP contribution in [0.4, 0.5) is 0 Å². The number of carbonyl (C=O) groups excluding carboxylic acids is 1. The molecule has 1 aliphatic carbocycles. The zero-order chi connectivity index (χ0) is 9.26. The number of aromatic amines is 1. The fraction of sp³-hybridized carbons (Fsp3) is 0.714. The Labute approximate surface area is 75.1 Å². The van der Waals surface area contributed by atoms with Crippen LogP contribution < -0.4 is 5.32 Å². The number of nitrogens with zero attached hydrogens (tertiary/aromatic N) is 3. The van der Waals surface area contributed by atoms with Gasteiger partial charge in [-0.1, -0.05) is 5.21 Å². The summed E-state index contributed by atoms with van der Waals surface area (Å²) < 4.78 is 0. The molecule has 0 radical (unpaired) electrons. The van der Waals surface area contributed by atoms with Gasteiger partial charge < -0.3 is 5.32 Å². The van der Waals surface area contributed by atoms with Crippen LogP contribution in [0.5, 0.6) is 0 Å². The van der Waals surface area contributed by atoms with Crippen molar-refractivity contribution < 1.29 is 4.79 Å². The molecule has 1 heterocycles. The van der Waals surface area contributed by atoms with Gasteiger partial charge in [0.25, 0.3) is 0 Å². The number of carbonyl (C=O) groups is 1. The maximum Gasteiger partial charge on any atom is 0.222 e. The molecule has 1 fully saturated rings. The lowest BCUT2D eigenvalue weighted by Crippen LogP contribution is -2.36. The first-order valence-corrected chi connectivity index (χ1v) is 4.26. The molecule has 1 saturated carbocycles. The number of aromatic nitrogens is 4. The van der Waals surface area contributed by atoms with Gasteiger partial charge in [0.15, 0.2) is 5.82 Å². The molecule has 1 aliphatic rings. The zero-order valence-corrected chi connectivity index (χ0v) is 7.32. The van der Waals surface area contributed by atoms with Crippen molar-refractivity contribution in [2.75, 3.05) is 7.05 Å². The van der Waals surface area contributed by atoms with Gasteiger partial charge in [-0.15, -0.1) is 10.2 Å². The number of rotatable bonds is 2. The highest BCUT2D eigenvalue weighted by Gasteiger charge is 2.37. The molecule has 70 valence electrons. The lowest BCUT2D eigenvalue weighted by Gasteiger charge is -2.31. The van der Waals surface area contributed by atoms with E-state index >= 15 is 0 Å². The van der Waals surface area contributed by atoms with Gasteiger partial charge in [0.2, 0.25) is 5.91 Å². The number of hydrogen-bond acceptors (Lipinski definition) is 4. The van der Waals surface area contributed by atoms with Crippen LogP contribution in [0.2, 0.25) is 0 Å². The van der Waals surface area contributed by atoms with Crippen molar-refractivity contribution in [3.8, 4) is 0 Å². The second-order valence-electron chi connectivity index (χ2n) is 3.25. The fourth-order valence-electron chi connectivity index (χ4n) is 1.59. The highest BCUT2D eigenvalue weighted by molar-refractivity contribution is 5.79. The van der Waals surface area contributed by atoms with Gasteiger partial charge in [-0.2, -0.15) is 5.21 Å². The van der Waals surface area contributed by atoms with Crippen LogP contribution in [0.1, 0.15) is 24.6 Å². The van der Waals surface area contributed by atoms with Crippen molar-refractivity contribution in [3.63, 3.8) is 0 Å². The second-order valence-corrected chi connectivity index (χ2v) is 3.25. The van der Waals surface area contributed by atoms with E-state index in [0.717, 1.165) is 18.7 Å². The number of nitrogens with one attached hydrogen (secondary N) is 2. The lowest BCUT2D eigenvalue weighted by atomic mass is 9.74. The second kappa shape index (κ2) is 3.12. The normalized spacial score (nSPS) is 26.5. The maximum atomic E-state index is 11.1. The largest absolute Gasteiger partial charge is 0.359 e. The Balaban J connectivity index is 1.89. The number of H-pyrrole nitrogens is 1. The first kappa shape index (κ1) is 8.15. The molecular weight excluding hydrogens is 170 g/mol. The van der Waals surface area contributed by atoms with Crippen LogP contribution in [0.25, 0.3) is 0 Å². The average molecular weight is 181 g/mol. The van der Waals surface area contributed by atoms with E-state index in [0.29, 0.717) is 5.92 Å². The smallest absolute Gasteiger partial charge is 0.222 e. The number of hydrogen-bond donors (Lipinski definition) is 2. The summed E-state index contributed by atoms with van der Waals surface area (Å²) in [5.41, 5.74) is 0. The van der Waals surface area contributed by atoms with Gasteiger partial charge in [-0.3, -0.25) is 4.79 Å². The summed E-state index contributed by atoms with van der Waals surface area (Å²) in [4.78, 5) is 11.1.